The summed E-state index contributed by atoms with van der Waals surface area (Å²) >= 11 is 0. The van der Waals surface area contributed by atoms with Crippen LogP contribution in [0.25, 0.3) is 0 Å². The number of likely N-dealkylation sites (tertiary alicyclic amines) is 1. The summed E-state index contributed by atoms with van der Waals surface area (Å²) in [6, 6.07) is 0. The molecule has 0 saturated carbocycles. The lowest BCUT2D eigenvalue weighted by Crippen LogP contribution is -2.63. The quantitative estimate of drug-likeness (QED) is 0.726. The van der Waals surface area contributed by atoms with Gasteiger partial charge in [0.05, 0.1) is 25.2 Å². The molecule has 120 valence electrons. The van der Waals surface area contributed by atoms with E-state index < -0.39 is 28.7 Å². The molecule has 1 atom stereocenters. The molecule has 0 aromatic rings. The van der Waals surface area contributed by atoms with E-state index in [9.17, 15) is 9.59 Å². The van der Waals surface area contributed by atoms with Crippen LogP contribution in [-0.4, -0.2) is 73.5 Å². The van der Waals surface area contributed by atoms with Crippen molar-refractivity contribution < 1.29 is 23.5 Å². The van der Waals surface area contributed by atoms with Crippen LogP contribution >= 0.6 is 0 Å². The molecule has 0 unspecified atom stereocenters. The zero-order valence-corrected chi connectivity index (χ0v) is 13.2. The van der Waals surface area contributed by atoms with Crippen LogP contribution in [0.5, 0.6) is 0 Å². The van der Waals surface area contributed by atoms with E-state index in [1.165, 1.54) is 23.9 Å². The van der Waals surface area contributed by atoms with E-state index in [4.69, 9.17) is 9.47 Å². The monoisotopic (exact) mass is 302 g/mol. The highest BCUT2D eigenvalue weighted by Gasteiger charge is 2.68. The average Bonchev–Trinajstić information content (AvgIpc) is 2.60. The Morgan fingerprint density at radius 2 is 1.81 bits per heavy atom. The van der Waals surface area contributed by atoms with E-state index in [1.54, 1.807) is 20.8 Å². The predicted octanol–water partition coefficient (Wildman–Crippen LogP) is 1.05. The summed E-state index contributed by atoms with van der Waals surface area (Å²) in [5, 5.41) is 0. The molecule has 1 spiro atoms. The summed E-state index contributed by atoms with van der Waals surface area (Å²) in [6.45, 7) is 5.37. The highest BCUT2D eigenvalue weighted by Crippen LogP contribution is 2.48. The molecule has 0 aromatic carbocycles. The average molecular weight is 302 g/mol. The van der Waals surface area contributed by atoms with Gasteiger partial charge in [-0.2, -0.15) is 0 Å². The number of ether oxygens (including phenoxy) is 2. The number of carbonyl (C=O) groups is 2. The second-order valence-electron chi connectivity index (χ2n) is 7.11. The smallest absolute Gasteiger partial charge is 0.410 e. The molecule has 2 saturated heterocycles. The molecule has 0 N–H and O–H groups in total. The highest BCUT2D eigenvalue weighted by molar-refractivity contribution is 5.88. The van der Waals surface area contributed by atoms with Gasteiger partial charge in [0.15, 0.2) is 0 Å². The van der Waals surface area contributed by atoms with E-state index in [-0.39, 0.29) is 26.3 Å². The van der Waals surface area contributed by atoms with Gasteiger partial charge in [-0.05, 0) is 20.8 Å². The molecule has 6 nitrogen and oxygen atoms in total. The Labute approximate surface area is 124 Å². The summed E-state index contributed by atoms with van der Waals surface area (Å²) in [7, 11) is 3.01. The van der Waals surface area contributed by atoms with Gasteiger partial charge in [0, 0.05) is 20.6 Å². The van der Waals surface area contributed by atoms with Crippen molar-refractivity contribution in [3.63, 3.8) is 0 Å². The van der Waals surface area contributed by atoms with Crippen LogP contribution in [0.15, 0.2) is 0 Å². The maximum absolute atomic E-state index is 15.4. The maximum Gasteiger partial charge on any atom is 0.410 e. The lowest BCUT2D eigenvalue weighted by Gasteiger charge is -2.45. The van der Waals surface area contributed by atoms with Crippen LogP contribution in [0.1, 0.15) is 20.8 Å². The van der Waals surface area contributed by atoms with Gasteiger partial charge in [-0.3, -0.25) is 4.79 Å². The van der Waals surface area contributed by atoms with Crippen molar-refractivity contribution in [3.8, 4) is 0 Å². The Bertz CT molecular complexity index is 456. The van der Waals surface area contributed by atoms with Crippen molar-refractivity contribution in [3.05, 3.63) is 0 Å². The number of nitrogens with zero attached hydrogens (tertiary/aromatic N) is 2. The number of hydrogen-bond donors (Lipinski definition) is 0. The van der Waals surface area contributed by atoms with E-state index in [1.807, 2.05) is 0 Å². The Kier molecular flexibility index (Phi) is 3.68. The summed E-state index contributed by atoms with van der Waals surface area (Å²) in [6.07, 6.45) is -0.597. The normalized spacial score (nSPS) is 27.4. The Morgan fingerprint density at radius 1 is 1.24 bits per heavy atom. The van der Waals surface area contributed by atoms with Crippen molar-refractivity contribution in [2.45, 2.75) is 32.0 Å². The Hall–Kier alpha value is -1.37. The third-order valence-corrected chi connectivity index (χ3v) is 3.90. The van der Waals surface area contributed by atoms with Gasteiger partial charge < -0.3 is 19.3 Å². The first-order valence-corrected chi connectivity index (χ1v) is 6.97. The van der Waals surface area contributed by atoms with Gasteiger partial charge in [-0.25, -0.2) is 9.18 Å². The van der Waals surface area contributed by atoms with E-state index in [2.05, 4.69) is 0 Å². The summed E-state index contributed by atoms with van der Waals surface area (Å²) in [5.41, 5.74) is -3.73. The number of hydrogen-bond acceptors (Lipinski definition) is 4. The van der Waals surface area contributed by atoms with Crippen LogP contribution < -0.4 is 0 Å². The number of amides is 2. The molecule has 0 radical (unpaired) electrons. The minimum absolute atomic E-state index is 0.137. The van der Waals surface area contributed by atoms with Crippen LogP contribution in [-0.2, 0) is 14.3 Å². The van der Waals surface area contributed by atoms with Crippen LogP contribution in [0.3, 0.4) is 0 Å². The molecule has 2 fully saturated rings. The summed E-state index contributed by atoms with van der Waals surface area (Å²) in [4.78, 5) is 26.9. The van der Waals surface area contributed by atoms with Crippen LogP contribution in [0.4, 0.5) is 9.18 Å². The molecular weight excluding hydrogens is 279 g/mol. The maximum atomic E-state index is 15.4. The molecule has 7 heteroatoms. The standard InChI is InChI=1S/C14H23FN2O4/c1-12(2,3)21-11(19)17-6-13(8-20-9-13)14(15,7-17)10(18)16(4)5/h6-9H2,1-5H3/t14-/m1/s1. The molecule has 2 aliphatic rings. The number of rotatable bonds is 1. The molecule has 2 heterocycles. The van der Waals surface area contributed by atoms with Crippen molar-refractivity contribution in [1.29, 1.82) is 0 Å². The van der Waals surface area contributed by atoms with Crippen molar-refractivity contribution in [2.75, 3.05) is 40.4 Å². The largest absolute Gasteiger partial charge is 0.444 e. The SMILES string of the molecule is CN(C)C(=O)[C@]1(F)CN(C(=O)OC(C)(C)C)CC12COC2. The van der Waals surface area contributed by atoms with Gasteiger partial charge in [0.25, 0.3) is 5.91 Å². The zero-order valence-electron chi connectivity index (χ0n) is 13.2. The van der Waals surface area contributed by atoms with E-state index in [0.717, 1.165) is 0 Å². The van der Waals surface area contributed by atoms with Gasteiger partial charge in [0.1, 0.15) is 5.60 Å². The highest BCUT2D eigenvalue weighted by atomic mass is 19.1. The van der Waals surface area contributed by atoms with E-state index in [0.29, 0.717) is 0 Å². The summed E-state index contributed by atoms with van der Waals surface area (Å²) in [5.74, 6) is -0.628. The first kappa shape index (κ1) is 16.0. The zero-order chi connectivity index (χ0) is 16.1. The second kappa shape index (κ2) is 4.83. The Morgan fingerprint density at radius 3 is 2.19 bits per heavy atom. The van der Waals surface area contributed by atoms with Crippen molar-refractivity contribution in [2.24, 2.45) is 5.41 Å². The fraction of sp³-hybridized carbons (Fsp3) is 0.857. The molecule has 2 amide bonds. The molecule has 21 heavy (non-hydrogen) atoms. The van der Waals surface area contributed by atoms with Crippen molar-refractivity contribution >= 4 is 12.0 Å². The lowest BCUT2D eigenvalue weighted by atomic mass is 9.73. The molecule has 0 bridgehead atoms. The fourth-order valence-corrected chi connectivity index (χ4v) is 2.75. The molecular formula is C14H23FN2O4. The van der Waals surface area contributed by atoms with E-state index >= 15 is 4.39 Å². The number of carbonyl (C=O) groups excluding carboxylic acids is 2. The number of halogens is 1. The predicted molar refractivity (Wildman–Crippen MR) is 73.6 cm³/mol. The van der Waals surface area contributed by atoms with Crippen LogP contribution in [0.2, 0.25) is 0 Å². The van der Waals surface area contributed by atoms with Crippen LogP contribution in [0, 0.1) is 5.41 Å². The van der Waals surface area contributed by atoms with Gasteiger partial charge in [-0.15, -0.1) is 0 Å². The second-order valence-corrected chi connectivity index (χ2v) is 7.11. The lowest BCUT2D eigenvalue weighted by molar-refractivity contribution is -0.185. The third kappa shape index (κ3) is 2.59. The fourth-order valence-electron chi connectivity index (χ4n) is 2.75. The first-order valence-electron chi connectivity index (χ1n) is 6.97. The minimum atomic E-state index is -2.12. The number of alkyl halides is 1. The topological polar surface area (TPSA) is 59.1 Å². The van der Waals surface area contributed by atoms with Gasteiger partial charge in [-0.1, -0.05) is 0 Å². The molecule has 2 aliphatic heterocycles. The Balaban J connectivity index is 2.21. The summed E-state index contributed by atoms with van der Waals surface area (Å²) < 4.78 is 25.8. The van der Waals surface area contributed by atoms with Crippen molar-refractivity contribution in [1.82, 2.24) is 9.80 Å². The minimum Gasteiger partial charge on any atom is -0.444 e. The molecule has 0 aliphatic carbocycles. The first-order chi connectivity index (χ1) is 9.51. The van der Waals surface area contributed by atoms with Gasteiger partial charge >= 0.3 is 6.09 Å². The molecule has 2 rings (SSSR count). The van der Waals surface area contributed by atoms with Gasteiger partial charge in [0.2, 0.25) is 5.67 Å². The third-order valence-electron chi connectivity index (χ3n) is 3.90. The molecule has 0 aromatic heterocycles.